The molecule has 3 rings (SSSR count). The summed E-state index contributed by atoms with van der Waals surface area (Å²) in [6.07, 6.45) is 1.13. The van der Waals surface area contributed by atoms with E-state index in [0.717, 1.165) is 47.2 Å². The van der Waals surface area contributed by atoms with Crippen LogP contribution in [0.2, 0.25) is 0 Å². The molecule has 1 saturated heterocycles. The summed E-state index contributed by atoms with van der Waals surface area (Å²) in [5, 5.41) is 4.62. The number of rotatable bonds is 4. The second kappa shape index (κ2) is 12.5. The smallest absolute Gasteiger partial charge is 0.425 e. The van der Waals surface area contributed by atoms with Crippen LogP contribution in [0.3, 0.4) is 0 Å². The van der Waals surface area contributed by atoms with Gasteiger partial charge in [-0.2, -0.15) is 4.90 Å². The zero-order valence-corrected chi connectivity index (χ0v) is 27.2. The van der Waals surface area contributed by atoms with Crippen molar-refractivity contribution in [3.63, 3.8) is 0 Å². The fourth-order valence-corrected chi connectivity index (χ4v) is 4.92. The van der Waals surface area contributed by atoms with Gasteiger partial charge in [0.15, 0.2) is 5.82 Å². The van der Waals surface area contributed by atoms with Crippen LogP contribution in [-0.4, -0.2) is 64.1 Å². The second-order valence-corrected chi connectivity index (χ2v) is 14.1. The van der Waals surface area contributed by atoms with E-state index < -0.39 is 29.0 Å². The number of hydrogen-bond acceptors (Lipinski definition) is 8. The van der Waals surface area contributed by atoms with Crippen LogP contribution in [0.15, 0.2) is 28.9 Å². The van der Waals surface area contributed by atoms with E-state index in [0.29, 0.717) is 11.0 Å². The summed E-state index contributed by atoms with van der Waals surface area (Å²) in [7, 11) is 0. The lowest BCUT2D eigenvalue weighted by Crippen LogP contribution is -2.45. The van der Waals surface area contributed by atoms with Gasteiger partial charge in [0.1, 0.15) is 16.8 Å². The second-order valence-electron chi connectivity index (χ2n) is 13.3. The highest BCUT2D eigenvalue weighted by Gasteiger charge is 2.35. The standard InChI is InChI=1S/C30H43BrN4O6/c1-28(2,3)39-25(36)33-21-12-14-34(15-13-21)18-19-10-11-20-17-32-24(23(31)22(20)16-19)35(26(37)40-29(4,5)6)27(38)41-30(7,8)9/h10-11,16-17,21H,12-15,18H2,1-9H3,(H,33,36). The molecule has 0 unspecified atom stereocenters. The fraction of sp³-hybridized carbons (Fsp3) is 0.600. The molecule has 41 heavy (non-hydrogen) atoms. The Bertz CT molecular complexity index is 1240. The molecule has 2 heterocycles. The van der Waals surface area contributed by atoms with E-state index in [1.807, 2.05) is 39.0 Å². The van der Waals surface area contributed by atoms with Crippen molar-refractivity contribution in [2.45, 2.75) is 105 Å². The van der Waals surface area contributed by atoms with Crippen molar-refractivity contribution in [1.82, 2.24) is 15.2 Å². The Morgan fingerprint density at radius 1 is 0.927 bits per heavy atom. The van der Waals surface area contributed by atoms with Crippen LogP contribution in [0.25, 0.3) is 10.8 Å². The molecule has 2 aromatic rings. The van der Waals surface area contributed by atoms with Crippen LogP contribution in [0.5, 0.6) is 0 Å². The molecule has 3 amide bonds. The van der Waals surface area contributed by atoms with Gasteiger partial charge in [-0.05, 0) is 103 Å². The molecule has 1 fully saturated rings. The minimum atomic E-state index is -0.877. The zero-order valence-electron chi connectivity index (χ0n) is 25.6. The van der Waals surface area contributed by atoms with E-state index >= 15 is 0 Å². The molecule has 0 aliphatic carbocycles. The lowest BCUT2D eigenvalue weighted by atomic mass is 10.0. The number of halogens is 1. The molecular weight excluding hydrogens is 592 g/mol. The Morgan fingerprint density at radius 3 is 1.98 bits per heavy atom. The van der Waals surface area contributed by atoms with E-state index in [2.05, 4.69) is 31.1 Å². The van der Waals surface area contributed by atoms with Crippen molar-refractivity contribution in [2.24, 2.45) is 0 Å². The number of anilines is 1. The number of imide groups is 1. The van der Waals surface area contributed by atoms with Gasteiger partial charge in [-0.25, -0.2) is 19.4 Å². The molecule has 0 radical (unpaired) electrons. The van der Waals surface area contributed by atoms with Gasteiger partial charge >= 0.3 is 18.3 Å². The van der Waals surface area contributed by atoms with Gasteiger partial charge in [0, 0.05) is 42.6 Å². The fourth-order valence-electron chi connectivity index (χ4n) is 4.30. The third-order valence-corrected chi connectivity index (χ3v) is 6.74. The maximum atomic E-state index is 13.2. The number of alkyl carbamates (subject to hydrolysis) is 1. The molecule has 226 valence electrons. The molecule has 1 N–H and O–H groups in total. The van der Waals surface area contributed by atoms with Gasteiger partial charge in [0.05, 0.1) is 4.47 Å². The number of nitrogens with one attached hydrogen (secondary N) is 1. The number of likely N-dealkylation sites (tertiary alicyclic amines) is 1. The number of benzene rings is 1. The van der Waals surface area contributed by atoms with Gasteiger partial charge in [0.25, 0.3) is 0 Å². The first-order chi connectivity index (χ1) is 18.8. The summed E-state index contributed by atoms with van der Waals surface area (Å²) in [5.74, 6) is 0.0900. The van der Waals surface area contributed by atoms with Gasteiger partial charge in [0.2, 0.25) is 0 Å². The van der Waals surface area contributed by atoms with Crippen molar-refractivity contribution >= 4 is 50.8 Å². The van der Waals surface area contributed by atoms with Gasteiger partial charge < -0.3 is 19.5 Å². The number of amides is 3. The number of nitrogens with zero attached hydrogens (tertiary/aromatic N) is 3. The molecule has 10 nitrogen and oxygen atoms in total. The van der Waals surface area contributed by atoms with Crippen LogP contribution in [0, 0.1) is 0 Å². The number of fused-ring (bicyclic) bond motifs is 1. The Morgan fingerprint density at radius 2 is 1.46 bits per heavy atom. The SMILES string of the molecule is CC(C)(C)OC(=O)NC1CCN(Cc2ccc3cnc(N(C(=O)OC(C)(C)C)C(=O)OC(C)(C)C)c(Br)c3c2)CC1. The lowest BCUT2D eigenvalue weighted by molar-refractivity contribution is 0.0424. The maximum absolute atomic E-state index is 13.2. The Kier molecular flexibility index (Phi) is 9.96. The number of hydrogen-bond donors (Lipinski definition) is 1. The maximum Gasteiger partial charge on any atom is 0.425 e. The van der Waals surface area contributed by atoms with Crippen LogP contribution in [0.4, 0.5) is 20.2 Å². The zero-order chi connectivity index (χ0) is 30.8. The molecule has 0 bridgehead atoms. The number of aromatic nitrogens is 1. The van der Waals surface area contributed by atoms with Crippen LogP contribution in [-0.2, 0) is 20.8 Å². The highest BCUT2D eigenvalue weighted by atomic mass is 79.9. The number of ether oxygens (including phenoxy) is 3. The molecule has 1 aromatic carbocycles. The Labute approximate surface area is 251 Å². The minimum absolute atomic E-state index is 0.0761. The van der Waals surface area contributed by atoms with Crippen molar-refractivity contribution in [3.8, 4) is 0 Å². The molecule has 1 aliphatic heterocycles. The third-order valence-electron chi connectivity index (χ3n) is 5.95. The number of carbonyl (C=O) groups excluding carboxylic acids is 3. The van der Waals surface area contributed by atoms with Gasteiger partial charge in [-0.1, -0.05) is 12.1 Å². The average Bonchev–Trinajstić information content (AvgIpc) is 2.79. The summed E-state index contributed by atoms with van der Waals surface area (Å²) < 4.78 is 16.9. The highest BCUT2D eigenvalue weighted by Crippen LogP contribution is 2.34. The third kappa shape index (κ3) is 9.85. The Balaban J connectivity index is 1.80. The molecule has 1 aliphatic rings. The van der Waals surface area contributed by atoms with Crippen LogP contribution < -0.4 is 10.2 Å². The number of pyridine rings is 1. The quantitative estimate of drug-likeness (QED) is 0.353. The topological polar surface area (TPSA) is 110 Å². The first-order valence-corrected chi connectivity index (χ1v) is 14.7. The van der Waals surface area contributed by atoms with E-state index in [-0.39, 0.29) is 18.0 Å². The first kappa shape index (κ1) is 32.6. The Hall–Kier alpha value is -2.92. The van der Waals surface area contributed by atoms with Crippen molar-refractivity contribution in [1.29, 1.82) is 0 Å². The van der Waals surface area contributed by atoms with Crippen molar-refractivity contribution in [2.75, 3.05) is 18.0 Å². The summed E-state index contributed by atoms with van der Waals surface area (Å²) in [4.78, 5) is 46.1. The largest absolute Gasteiger partial charge is 0.444 e. The van der Waals surface area contributed by atoms with E-state index in [1.54, 1.807) is 47.7 Å². The van der Waals surface area contributed by atoms with E-state index in [1.165, 1.54) is 0 Å². The highest BCUT2D eigenvalue weighted by molar-refractivity contribution is 9.10. The molecule has 0 saturated carbocycles. The molecular formula is C30H43BrN4O6. The van der Waals surface area contributed by atoms with Crippen molar-refractivity contribution in [3.05, 3.63) is 34.4 Å². The number of piperidine rings is 1. The normalized spacial score (nSPS) is 15.4. The summed E-state index contributed by atoms with van der Waals surface area (Å²) in [6, 6.07) is 6.11. The number of carbonyl (C=O) groups is 3. The molecule has 0 spiro atoms. The van der Waals surface area contributed by atoms with E-state index in [9.17, 15) is 14.4 Å². The molecule has 1 aromatic heterocycles. The van der Waals surface area contributed by atoms with Crippen LogP contribution >= 0.6 is 15.9 Å². The predicted molar refractivity (Wildman–Crippen MR) is 162 cm³/mol. The van der Waals surface area contributed by atoms with Crippen LogP contribution in [0.1, 0.15) is 80.7 Å². The summed E-state index contributed by atoms with van der Waals surface area (Å²) in [5.41, 5.74) is -1.12. The minimum Gasteiger partial charge on any atom is -0.444 e. The molecule has 0 atom stereocenters. The average molecular weight is 636 g/mol. The summed E-state index contributed by atoms with van der Waals surface area (Å²) >= 11 is 3.60. The molecule has 11 heteroatoms. The first-order valence-electron chi connectivity index (χ1n) is 13.9. The lowest BCUT2D eigenvalue weighted by Gasteiger charge is -2.33. The summed E-state index contributed by atoms with van der Waals surface area (Å²) in [6.45, 7) is 18.3. The van der Waals surface area contributed by atoms with E-state index in [4.69, 9.17) is 14.2 Å². The predicted octanol–water partition coefficient (Wildman–Crippen LogP) is 7.16. The monoisotopic (exact) mass is 634 g/mol. The van der Waals surface area contributed by atoms with Gasteiger partial charge in [-0.15, -0.1) is 0 Å². The van der Waals surface area contributed by atoms with Crippen molar-refractivity contribution < 1.29 is 28.6 Å². The van der Waals surface area contributed by atoms with Gasteiger partial charge in [-0.3, -0.25) is 4.90 Å².